The lowest BCUT2D eigenvalue weighted by Gasteiger charge is -2.24. The molecule has 0 amide bonds. The summed E-state index contributed by atoms with van der Waals surface area (Å²) in [5, 5.41) is 3.92. The average molecular weight is 342 g/mol. The Bertz CT molecular complexity index is 728. The highest BCUT2D eigenvalue weighted by Crippen LogP contribution is 2.21. The molecule has 1 aromatic carbocycles. The molecule has 1 N–H and O–H groups in total. The molecule has 0 aliphatic carbocycles. The van der Waals surface area contributed by atoms with Crippen LogP contribution in [0.15, 0.2) is 39.9 Å². The van der Waals surface area contributed by atoms with Gasteiger partial charge in [-0.15, -0.1) is 0 Å². The summed E-state index contributed by atoms with van der Waals surface area (Å²) < 4.78 is 41.0. The molecular formula is C15H19FN2O2S2. The average Bonchev–Trinajstić information content (AvgIpc) is 2.95. The van der Waals surface area contributed by atoms with Crippen LogP contribution in [0.5, 0.6) is 0 Å². The largest absolute Gasteiger partial charge is 0.301 e. The van der Waals surface area contributed by atoms with E-state index in [1.165, 1.54) is 12.1 Å². The smallest absolute Gasteiger partial charge is 0.243 e. The minimum absolute atomic E-state index is 0.103. The second kappa shape index (κ2) is 6.87. The second-order valence-electron chi connectivity index (χ2n) is 5.32. The van der Waals surface area contributed by atoms with Gasteiger partial charge in [0.2, 0.25) is 10.0 Å². The maximum atomic E-state index is 13.8. The normalized spacial score (nSPS) is 13.5. The first-order valence-electron chi connectivity index (χ1n) is 6.75. The molecule has 0 unspecified atom stereocenters. The zero-order valence-corrected chi connectivity index (χ0v) is 14.3. The summed E-state index contributed by atoms with van der Waals surface area (Å²) in [7, 11) is -0.124. The van der Waals surface area contributed by atoms with Gasteiger partial charge in [0.05, 0.1) is 0 Å². The van der Waals surface area contributed by atoms with E-state index in [-0.39, 0.29) is 17.5 Å². The summed E-state index contributed by atoms with van der Waals surface area (Å²) in [5.74, 6) is -0.741. The maximum Gasteiger partial charge on any atom is 0.243 e. The zero-order valence-electron chi connectivity index (χ0n) is 12.7. The second-order valence-corrected chi connectivity index (χ2v) is 7.84. The van der Waals surface area contributed by atoms with Crippen molar-refractivity contribution in [2.24, 2.45) is 0 Å². The fourth-order valence-corrected chi connectivity index (χ4v) is 4.05. The Labute approximate surface area is 134 Å². The van der Waals surface area contributed by atoms with E-state index in [1.807, 2.05) is 35.8 Å². The summed E-state index contributed by atoms with van der Waals surface area (Å²) in [5.41, 5.74) is 1.73. The van der Waals surface area contributed by atoms with Gasteiger partial charge in [0.25, 0.3) is 0 Å². The Balaban J connectivity index is 2.20. The van der Waals surface area contributed by atoms with Crippen molar-refractivity contribution in [3.63, 3.8) is 0 Å². The van der Waals surface area contributed by atoms with Crippen molar-refractivity contribution in [1.29, 1.82) is 0 Å². The third-order valence-corrected chi connectivity index (χ3v) is 5.53. The van der Waals surface area contributed by atoms with Gasteiger partial charge in [0.1, 0.15) is 10.7 Å². The highest BCUT2D eigenvalue weighted by molar-refractivity contribution is 7.89. The number of nitrogens with one attached hydrogen (secondary N) is 1. The van der Waals surface area contributed by atoms with Gasteiger partial charge in [-0.1, -0.05) is 6.07 Å². The molecule has 0 spiro atoms. The zero-order chi connectivity index (χ0) is 16.3. The topological polar surface area (TPSA) is 49.4 Å². The molecule has 0 fully saturated rings. The number of hydrogen-bond acceptors (Lipinski definition) is 4. The molecule has 2 aromatic rings. The minimum Gasteiger partial charge on any atom is -0.301 e. The monoisotopic (exact) mass is 342 g/mol. The van der Waals surface area contributed by atoms with Crippen LogP contribution in [-0.2, 0) is 10.0 Å². The van der Waals surface area contributed by atoms with Gasteiger partial charge in [-0.25, -0.2) is 17.5 Å². The molecule has 1 heterocycles. The Morgan fingerprint density at radius 3 is 2.64 bits per heavy atom. The van der Waals surface area contributed by atoms with Crippen LogP contribution in [0, 0.1) is 12.7 Å². The molecule has 7 heteroatoms. The van der Waals surface area contributed by atoms with E-state index in [0.29, 0.717) is 5.56 Å². The summed E-state index contributed by atoms with van der Waals surface area (Å²) in [6.45, 7) is 1.91. The molecule has 0 aliphatic heterocycles. The predicted molar refractivity (Wildman–Crippen MR) is 87.1 cm³/mol. The van der Waals surface area contributed by atoms with Gasteiger partial charge >= 0.3 is 0 Å². The third-order valence-electron chi connectivity index (χ3n) is 3.39. The van der Waals surface area contributed by atoms with E-state index in [4.69, 9.17) is 0 Å². The number of sulfonamides is 1. The van der Waals surface area contributed by atoms with Crippen LogP contribution in [0.2, 0.25) is 0 Å². The van der Waals surface area contributed by atoms with E-state index in [0.717, 1.165) is 5.56 Å². The standard InChI is InChI=1S/C15H19FN2O2S2/c1-11-4-5-13(16)15(8-11)22(19,20)17-9-14(18(2)3)12-6-7-21-10-12/h4-8,10,14,17H,9H2,1-3H3/t14-/m0/s1. The Hall–Kier alpha value is -1.28. The van der Waals surface area contributed by atoms with E-state index in [2.05, 4.69) is 4.72 Å². The molecule has 22 heavy (non-hydrogen) atoms. The van der Waals surface area contributed by atoms with E-state index >= 15 is 0 Å². The molecule has 1 atom stereocenters. The number of likely N-dealkylation sites (N-methyl/N-ethyl adjacent to an activating group) is 1. The van der Waals surface area contributed by atoms with Crippen LogP contribution in [0.3, 0.4) is 0 Å². The molecule has 0 saturated carbocycles. The number of halogens is 1. The first-order chi connectivity index (χ1) is 10.3. The van der Waals surface area contributed by atoms with Crippen molar-refractivity contribution in [3.8, 4) is 0 Å². The number of thiophene rings is 1. The van der Waals surface area contributed by atoms with Crippen molar-refractivity contribution in [2.45, 2.75) is 17.9 Å². The van der Waals surface area contributed by atoms with Crippen molar-refractivity contribution in [2.75, 3.05) is 20.6 Å². The molecule has 4 nitrogen and oxygen atoms in total. The van der Waals surface area contributed by atoms with Gasteiger partial charge in [-0.2, -0.15) is 11.3 Å². The molecule has 0 saturated heterocycles. The highest BCUT2D eigenvalue weighted by Gasteiger charge is 2.22. The first kappa shape index (κ1) is 17.1. The van der Waals surface area contributed by atoms with Crippen molar-refractivity contribution < 1.29 is 12.8 Å². The minimum atomic E-state index is -3.88. The van der Waals surface area contributed by atoms with Gasteiger partial charge < -0.3 is 4.90 Å². The van der Waals surface area contributed by atoms with Crippen LogP contribution in [0.1, 0.15) is 17.2 Å². The molecule has 0 bridgehead atoms. The molecule has 1 aromatic heterocycles. The van der Waals surface area contributed by atoms with Gasteiger partial charge in [0.15, 0.2) is 0 Å². The lowest BCUT2D eigenvalue weighted by atomic mass is 10.1. The predicted octanol–water partition coefficient (Wildman–Crippen LogP) is 2.78. The molecular weight excluding hydrogens is 323 g/mol. The lowest BCUT2D eigenvalue weighted by molar-refractivity contribution is 0.300. The Morgan fingerprint density at radius 2 is 2.05 bits per heavy atom. The van der Waals surface area contributed by atoms with Crippen molar-refractivity contribution in [3.05, 3.63) is 52.0 Å². The molecule has 120 valence electrons. The van der Waals surface area contributed by atoms with Crippen LogP contribution >= 0.6 is 11.3 Å². The fraction of sp³-hybridized carbons (Fsp3) is 0.333. The quantitative estimate of drug-likeness (QED) is 0.878. The van der Waals surface area contributed by atoms with Crippen LogP contribution in [0.4, 0.5) is 4.39 Å². The van der Waals surface area contributed by atoms with Crippen LogP contribution in [0.25, 0.3) is 0 Å². The maximum absolute atomic E-state index is 13.8. The Kier molecular flexibility index (Phi) is 5.33. The number of benzene rings is 1. The number of aryl methyl sites for hydroxylation is 1. The number of rotatable bonds is 6. The number of nitrogens with zero attached hydrogens (tertiary/aromatic N) is 1. The Morgan fingerprint density at radius 1 is 1.32 bits per heavy atom. The molecule has 2 rings (SSSR count). The molecule has 0 aliphatic rings. The van der Waals surface area contributed by atoms with Crippen molar-refractivity contribution >= 4 is 21.4 Å². The van der Waals surface area contributed by atoms with Crippen LogP contribution in [-0.4, -0.2) is 34.0 Å². The molecule has 0 radical (unpaired) electrons. The summed E-state index contributed by atoms with van der Waals surface area (Å²) in [6, 6.07) is 5.91. The van der Waals surface area contributed by atoms with Crippen LogP contribution < -0.4 is 4.72 Å². The fourth-order valence-electron chi connectivity index (χ4n) is 2.15. The summed E-state index contributed by atoms with van der Waals surface area (Å²) in [6.07, 6.45) is 0. The van der Waals surface area contributed by atoms with Crippen molar-refractivity contribution in [1.82, 2.24) is 9.62 Å². The summed E-state index contributed by atoms with van der Waals surface area (Å²) in [4.78, 5) is 1.62. The van der Waals surface area contributed by atoms with Gasteiger partial charge in [0, 0.05) is 12.6 Å². The lowest BCUT2D eigenvalue weighted by Crippen LogP contribution is -2.34. The SMILES string of the molecule is Cc1ccc(F)c(S(=O)(=O)NC[C@@H](c2ccsc2)N(C)C)c1. The van der Waals surface area contributed by atoms with Gasteiger partial charge in [-0.05, 0) is 61.1 Å². The van der Waals surface area contributed by atoms with E-state index in [9.17, 15) is 12.8 Å². The third kappa shape index (κ3) is 3.92. The van der Waals surface area contributed by atoms with Gasteiger partial charge in [-0.3, -0.25) is 0 Å². The van der Waals surface area contributed by atoms with E-state index < -0.39 is 15.8 Å². The number of hydrogen-bond donors (Lipinski definition) is 1. The first-order valence-corrected chi connectivity index (χ1v) is 9.18. The summed E-state index contributed by atoms with van der Waals surface area (Å²) >= 11 is 1.56. The van der Waals surface area contributed by atoms with E-state index in [1.54, 1.807) is 24.3 Å². The highest BCUT2D eigenvalue weighted by atomic mass is 32.2.